The number of carbonyl (C=O) groups excluding carboxylic acids is 1. The highest BCUT2D eigenvalue weighted by atomic mass is 16.6. The summed E-state index contributed by atoms with van der Waals surface area (Å²) >= 11 is 0. The molecule has 0 radical (unpaired) electrons. The molecule has 0 aromatic heterocycles. The van der Waals surface area contributed by atoms with Gasteiger partial charge in [0.05, 0.1) is 11.5 Å². The van der Waals surface area contributed by atoms with E-state index in [1.165, 1.54) is 12.1 Å². The Hall–Kier alpha value is -2.37. The van der Waals surface area contributed by atoms with Crippen molar-refractivity contribution in [3.05, 3.63) is 40.0 Å². The minimum Gasteiger partial charge on any atom is -0.463 e. The van der Waals surface area contributed by atoms with Crippen molar-refractivity contribution in [3.8, 4) is 0 Å². The molecule has 0 aliphatic heterocycles. The summed E-state index contributed by atoms with van der Waals surface area (Å²) in [7, 11) is 1.61. The number of nitrogens with one attached hydrogen (secondary N) is 1. The van der Waals surface area contributed by atoms with Crippen LogP contribution in [-0.2, 0) is 9.53 Å². The van der Waals surface area contributed by atoms with Gasteiger partial charge in [-0.2, -0.15) is 0 Å². The van der Waals surface area contributed by atoms with Crippen LogP contribution in [0.1, 0.15) is 25.3 Å². The third kappa shape index (κ3) is 4.72. The molecule has 6 heteroatoms. The number of rotatable bonds is 7. The SMILES string of the molecule is CCCCOC(=O)/C=C/c1ccc([N+](=O)[O-])c(NC)c1. The molecular weight excluding hydrogens is 260 g/mol. The summed E-state index contributed by atoms with van der Waals surface area (Å²) in [5, 5.41) is 13.5. The zero-order valence-electron chi connectivity index (χ0n) is 11.6. The van der Waals surface area contributed by atoms with Gasteiger partial charge in [0.15, 0.2) is 0 Å². The lowest BCUT2D eigenvalue weighted by Gasteiger charge is -2.03. The summed E-state index contributed by atoms with van der Waals surface area (Å²) in [6.07, 6.45) is 4.68. The summed E-state index contributed by atoms with van der Waals surface area (Å²) in [6, 6.07) is 4.58. The van der Waals surface area contributed by atoms with Crippen LogP contribution in [0.4, 0.5) is 11.4 Å². The van der Waals surface area contributed by atoms with E-state index in [-0.39, 0.29) is 5.69 Å². The molecule has 1 rings (SSSR count). The van der Waals surface area contributed by atoms with Crippen molar-refractivity contribution in [1.29, 1.82) is 0 Å². The largest absolute Gasteiger partial charge is 0.463 e. The zero-order valence-corrected chi connectivity index (χ0v) is 11.6. The van der Waals surface area contributed by atoms with E-state index in [1.807, 2.05) is 6.92 Å². The van der Waals surface area contributed by atoms with Crippen molar-refractivity contribution < 1.29 is 14.5 Å². The van der Waals surface area contributed by atoms with Crippen molar-refractivity contribution in [2.75, 3.05) is 19.0 Å². The van der Waals surface area contributed by atoms with Crippen molar-refractivity contribution in [3.63, 3.8) is 0 Å². The summed E-state index contributed by atoms with van der Waals surface area (Å²) < 4.78 is 4.97. The van der Waals surface area contributed by atoms with E-state index in [0.717, 1.165) is 12.8 Å². The number of unbranched alkanes of at least 4 members (excludes halogenated alkanes) is 1. The van der Waals surface area contributed by atoms with E-state index in [0.29, 0.717) is 17.9 Å². The molecule has 0 spiro atoms. The number of nitro groups is 1. The third-order valence-corrected chi connectivity index (χ3v) is 2.64. The first-order valence-electron chi connectivity index (χ1n) is 6.39. The standard InChI is InChI=1S/C14H18N2O4/c1-3-4-9-20-14(17)8-6-11-5-7-13(16(18)19)12(10-11)15-2/h5-8,10,15H,3-4,9H2,1-2H3/b8-6+. The van der Waals surface area contributed by atoms with Gasteiger partial charge in [0.25, 0.3) is 5.69 Å². The lowest BCUT2D eigenvalue weighted by molar-refractivity contribution is -0.383. The second kappa shape index (κ2) is 7.93. The van der Waals surface area contributed by atoms with Crippen LogP contribution in [0.15, 0.2) is 24.3 Å². The van der Waals surface area contributed by atoms with Crippen LogP contribution in [-0.4, -0.2) is 24.5 Å². The molecule has 6 nitrogen and oxygen atoms in total. The molecule has 108 valence electrons. The minimum atomic E-state index is -0.460. The monoisotopic (exact) mass is 278 g/mol. The Labute approximate surface area is 117 Å². The van der Waals surface area contributed by atoms with Crippen LogP contribution in [0.25, 0.3) is 6.08 Å². The van der Waals surface area contributed by atoms with Gasteiger partial charge in [-0.25, -0.2) is 4.79 Å². The van der Waals surface area contributed by atoms with Crippen molar-refractivity contribution >= 4 is 23.4 Å². The van der Waals surface area contributed by atoms with Gasteiger partial charge in [-0.3, -0.25) is 10.1 Å². The van der Waals surface area contributed by atoms with Gasteiger partial charge in [0.1, 0.15) is 5.69 Å². The van der Waals surface area contributed by atoms with Gasteiger partial charge in [-0.1, -0.05) is 13.3 Å². The van der Waals surface area contributed by atoms with Crippen molar-refractivity contribution in [1.82, 2.24) is 0 Å². The molecular formula is C14H18N2O4. The summed E-state index contributed by atoms with van der Waals surface area (Å²) in [6.45, 7) is 2.42. The highest BCUT2D eigenvalue weighted by molar-refractivity contribution is 5.87. The Balaban J connectivity index is 2.73. The molecule has 0 amide bonds. The zero-order chi connectivity index (χ0) is 15.0. The maximum Gasteiger partial charge on any atom is 0.330 e. The third-order valence-electron chi connectivity index (χ3n) is 2.64. The van der Waals surface area contributed by atoms with Crippen molar-refractivity contribution in [2.45, 2.75) is 19.8 Å². The van der Waals surface area contributed by atoms with Crippen LogP contribution < -0.4 is 5.32 Å². The fraction of sp³-hybridized carbons (Fsp3) is 0.357. The lowest BCUT2D eigenvalue weighted by Crippen LogP contribution is -2.01. The fourth-order valence-electron chi connectivity index (χ4n) is 1.55. The first kappa shape index (κ1) is 15.7. The van der Waals surface area contributed by atoms with Gasteiger partial charge in [0, 0.05) is 19.2 Å². The maximum absolute atomic E-state index is 11.4. The molecule has 1 N–H and O–H groups in total. The number of hydrogen-bond donors (Lipinski definition) is 1. The lowest BCUT2D eigenvalue weighted by atomic mass is 10.1. The van der Waals surface area contributed by atoms with Gasteiger partial charge in [-0.05, 0) is 30.2 Å². The predicted molar refractivity (Wildman–Crippen MR) is 77.5 cm³/mol. The Kier molecular flexibility index (Phi) is 6.22. The normalized spacial score (nSPS) is 10.5. The second-order valence-corrected chi connectivity index (χ2v) is 4.14. The summed E-state index contributed by atoms with van der Waals surface area (Å²) in [5.41, 5.74) is 1.08. The van der Waals surface area contributed by atoms with Crippen molar-refractivity contribution in [2.24, 2.45) is 0 Å². The highest BCUT2D eigenvalue weighted by Crippen LogP contribution is 2.25. The highest BCUT2D eigenvalue weighted by Gasteiger charge is 2.11. The van der Waals surface area contributed by atoms with Crippen LogP contribution in [0.2, 0.25) is 0 Å². The maximum atomic E-state index is 11.4. The quantitative estimate of drug-likeness (QED) is 0.272. The van der Waals surface area contributed by atoms with E-state index in [9.17, 15) is 14.9 Å². The van der Waals surface area contributed by atoms with Gasteiger partial charge in [-0.15, -0.1) is 0 Å². The topological polar surface area (TPSA) is 81.5 Å². The number of nitrogens with zero attached hydrogens (tertiary/aromatic N) is 1. The van der Waals surface area contributed by atoms with E-state index in [4.69, 9.17) is 4.74 Å². The number of ether oxygens (including phenoxy) is 1. The molecule has 1 aromatic carbocycles. The van der Waals surface area contributed by atoms with E-state index < -0.39 is 10.9 Å². The minimum absolute atomic E-state index is 0.00447. The summed E-state index contributed by atoms with van der Waals surface area (Å²) in [5.74, 6) is -0.414. The van der Waals surface area contributed by atoms with Gasteiger partial charge in [0.2, 0.25) is 0 Å². The molecule has 0 heterocycles. The predicted octanol–water partition coefficient (Wildman–Crippen LogP) is 2.99. The molecule has 0 aliphatic carbocycles. The van der Waals surface area contributed by atoms with Gasteiger partial charge >= 0.3 is 5.97 Å². The first-order chi connectivity index (χ1) is 9.58. The number of nitro benzene ring substituents is 1. The number of esters is 1. The smallest absolute Gasteiger partial charge is 0.330 e. The molecule has 0 unspecified atom stereocenters. The molecule has 0 bridgehead atoms. The average molecular weight is 278 g/mol. The fourth-order valence-corrected chi connectivity index (χ4v) is 1.55. The first-order valence-corrected chi connectivity index (χ1v) is 6.39. The molecule has 0 atom stereocenters. The molecule has 20 heavy (non-hydrogen) atoms. The van der Waals surface area contributed by atoms with E-state index in [2.05, 4.69) is 5.32 Å². The van der Waals surface area contributed by atoms with Crippen LogP contribution in [0.3, 0.4) is 0 Å². The van der Waals surface area contributed by atoms with E-state index >= 15 is 0 Å². The summed E-state index contributed by atoms with van der Waals surface area (Å²) in [4.78, 5) is 21.7. The van der Waals surface area contributed by atoms with E-state index in [1.54, 1.807) is 25.3 Å². The van der Waals surface area contributed by atoms with Crippen LogP contribution in [0.5, 0.6) is 0 Å². The Morgan fingerprint density at radius 1 is 1.50 bits per heavy atom. The molecule has 0 saturated heterocycles. The Bertz CT molecular complexity index is 512. The molecule has 0 aliphatic rings. The number of anilines is 1. The Morgan fingerprint density at radius 3 is 2.85 bits per heavy atom. The van der Waals surface area contributed by atoms with Crippen LogP contribution >= 0.6 is 0 Å². The second-order valence-electron chi connectivity index (χ2n) is 4.14. The molecule has 1 aromatic rings. The number of carbonyl (C=O) groups is 1. The number of hydrogen-bond acceptors (Lipinski definition) is 5. The molecule has 0 saturated carbocycles. The van der Waals surface area contributed by atoms with Crippen LogP contribution in [0, 0.1) is 10.1 Å². The average Bonchev–Trinajstić information content (AvgIpc) is 2.44. The Morgan fingerprint density at radius 2 is 2.25 bits per heavy atom. The number of benzene rings is 1. The van der Waals surface area contributed by atoms with Gasteiger partial charge < -0.3 is 10.1 Å². The molecule has 0 fully saturated rings.